The quantitative estimate of drug-likeness (QED) is 0.730. The van der Waals surface area contributed by atoms with Crippen LogP contribution in [0, 0.1) is 18.3 Å². The average Bonchev–Trinajstić information content (AvgIpc) is 2.34. The molecule has 1 aromatic rings. The molecule has 0 bridgehead atoms. The molecule has 0 heterocycles. The zero-order valence-corrected chi connectivity index (χ0v) is 10.9. The minimum Gasteiger partial charge on any atom is -0.396 e. The van der Waals surface area contributed by atoms with Gasteiger partial charge in [-0.05, 0) is 42.9 Å². The highest BCUT2D eigenvalue weighted by Crippen LogP contribution is 2.14. The Morgan fingerprint density at radius 2 is 2.24 bits per heavy atom. The summed E-state index contributed by atoms with van der Waals surface area (Å²) in [5.41, 5.74) is 2.79. The highest BCUT2D eigenvalue weighted by molar-refractivity contribution is 7.99. The third kappa shape index (κ3) is 5.12. The smallest absolute Gasteiger partial charge is 0.0994 e. The lowest BCUT2D eigenvalue weighted by Gasteiger charge is -2.07. The Bertz CT molecular complexity index is 387. The summed E-state index contributed by atoms with van der Waals surface area (Å²) >= 11 is 1.83. The molecule has 1 aromatic carbocycles. The van der Waals surface area contributed by atoms with E-state index in [1.165, 1.54) is 0 Å². The van der Waals surface area contributed by atoms with Crippen LogP contribution in [0.25, 0.3) is 0 Å². The molecule has 0 saturated heterocycles. The van der Waals surface area contributed by atoms with Crippen LogP contribution in [0.3, 0.4) is 0 Å². The van der Waals surface area contributed by atoms with E-state index in [1.54, 1.807) is 0 Å². The molecule has 3 nitrogen and oxygen atoms in total. The zero-order valence-electron chi connectivity index (χ0n) is 10.1. The normalized spacial score (nSPS) is 9.94. The van der Waals surface area contributed by atoms with Crippen molar-refractivity contribution in [3.8, 4) is 6.07 Å². The van der Waals surface area contributed by atoms with Crippen LogP contribution in [0.1, 0.15) is 17.5 Å². The van der Waals surface area contributed by atoms with E-state index in [4.69, 9.17) is 10.4 Å². The Labute approximate surface area is 107 Å². The van der Waals surface area contributed by atoms with Gasteiger partial charge in [0.25, 0.3) is 0 Å². The lowest BCUT2D eigenvalue weighted by Crippen LogP contribution is -2.05. The fraction of sp³-hybridized carbons (Fsp3) is 0.462. The minimum atomic E-state index is 0.273. The van der Waals surface area contributed by atoms with Crippen LogP contribution >= 0.6 is 11.8 Å². The molecular weight excluding hydrogens is 232 g/mol. The number of nitrogens with one attached hydrogen (secondary N) is 1. The van der Waals surface area contributed by atoms with E-state index in [1.807, 2.05) is 36.9 Å². The molecular formula is C13H18N2OS. The van der Waals surface area contributed by atoms with Crippen molar-refractivity contribution < 1.29 is 5.11 Å². The molecule has 0 unspecified atom stereocenters. The number of nitrogens with zero attached hydrogens (tertiary/aromatic N) is 1. The zero-order chi connectivity index (χ0) is 12.5. The molecule has 0 aromatic heterocycles. The molecule has 0 saturated carbocycles. The second kappa shape index (κ2) is 7.99. The molecule has 0 aliphatic rings. The first-order valence-electron chi connectivity index (χ1n) is 5.71. The van der Waals surface area contributed by atoms with Gasteiger partial charge in [-0.15, -0.1) is 0 Å². The van der Waals surface area contributed by atoms with Gasteiger partial charge in [-0.25, -0.2) is 0 Å². The Morgan fingerprint density at radius 1 is 1.41 bits per heavy atom. The number of nitriles is 1. The summed E-state index contributed by atoms with van der Waals surface area (Å²) in [5.74, 6) is 2.03. The monoisotopic (exact) mass is 250 g/mol. The van der Waals surface area contributed by atoms with Gasteiger partial charge < -0.3 is 10.4 Å². The van der Waals surface area contributed by atoms with Gasteiger partial charge in [-0.1, -0.05) is 0 Å². The predicted molar refractivity (Wildman–Crippen MR) is 73.4 cm³/mol. The van der Waals surface area contributed by atoms with Gasteiger partial charge >= 0.3 is 0 Å². The van der Waals surface area contributed by atoms with Crippen molar-refractivity contribution in [2.45, 2.75) is 13.3 Å². The van der Waals surface area contributed by atoms with Gasteiger partial charge in [0, 0.05) is 24.6 Å². The number of anilines is 1. The van der Waals surface area contributed by atoms with Crippen molar-refractivity contribution in [3.63, 3.8) is 0 Å². The molecule has 0 aliphatic carbocycles. The average molecular weight is 250 g/mol. The van der Waals surface area contributed by atoms with Crippen LogP contribution in [0.15, 0.2) is 18.2 Å². The number of hydrogen-bond donors (Lipinski definition) is 2. The summed E-state index contributed by atoms with van der Waals surface area (Å²) in [4.78, 5) is 0. The second-order valence-corrected chi connectivity index (χ2v) is 4.98. The van der Waals surface area contributed by atoms with E-state index in [0.717, 1.165) is 41.3 Å². The van der Waals surface area contributed by atoms with Gasteiger partial charge in [0.2, 0.25) is 0 Å². The van der Waals surface area contributed by atoms with Gasteiger partial charge in [-0.3, -0.25) is 0 Å². The van der Waals surface area contributed by atoms with Crippen molar-refractivity contribution >= 4 is 17.4 Å². The Morgan fingerprint density at radius 3 is 2.88 bits per heavy atom. The predicted octanol–water partition coefficient (Wildman–Crippen LogP) is 2.39. The SMILES string of the molecule is Cc1cc(NCCSCCCO)ccc1C#N. The molecule has 0 aliphatic heterocycles. The molecule has 92 valence electrons. The van der Waals surface area contributed by atoms with E-state index in [2.05, 4.69) is 11.4 Å². The molecule has 17 heavy (non-hydrogen) atoms. The first-order chi connectivity index (χ1) is 8.27. The topological polar surface area (TPSA) is 56.0 Å². The molecule has 0 atom stereocenters. The van der Waals surface area contributed by atoms with E-state index in [9.17, 15) is 0 Å². The summed E-state index contributed by atoms with van der Waals surface area (Å²) in [6.45, 7) is 3.12. The number of aliphatic hydroxyl groups is 1. The van der Waals surface area contributed by atoms with Crippen LogP contribution in [0.2, 0.25) is 0 Å². The van der Waals surface area contributed by atoms with Crippen LogP contribution in [-0.2, 0) is 0 Å². The van der Waals surface area contributed by atoms with Crippen LogP contribution in [0.5, 0.6) is 0 Å². The molecule has 0 amide bonds. The summed E-state index contributed by atoms with van der Waals surface area (Å²) in [6, 6.07) is 7.93. The van der Waals surface area contributed by atoms with Crippen LogP contribution in [0.4, 0.5) is 5.69 Å². The number of hydrogen-bond acceptors (Lipinski definition) is 4. The van der Waals surface area contributed by atoms with Crippen molar-refractivity contribution in [2.75, 3.05) is 30.0 Å². The highest BCUT2D eigenvalue weighted by Gasteiger charge is 1.98. The number of aliphatic hydroxyl groups excluding tert-OH is 1. The first kappa shape index (κ1) is 13.9. The van der Waals surface area contributed by atoms with Gasteiger partial charge in [0.15, 0.2) is 0 Å². The van der Waals surface area contributed by atoms with Crippen molar-refractivity contribution in [1.82, 2.24) is 0 Å². The molecule has 4 heteroatoms. The van der Waals surface area contributed by atoms with Gasteiger partial charge in [0.05, 0.1) is 11.6 Å². The molecule has 2 N–H and O–H groups in total. The summed E-state index contributed by atoms with van der Waals surface area (Å²) in [5, 5.41) is 20.8. The second-order valence-electron chi connectivity index (χ2n) is 3.76. The molecule has 0 radical (unpaired) electrons. The maximum Gasteiger partial charge on any atom is 0.0994 e. The lowest BCUT2D eigenvalue weighted by atomic mass is 10.1. The van der Waals surface area contributed by atoms with E-state index in [0.29, 0.717) is 0 Å². The van der Waals surface area contributed by atoms with Gasteiger partial charge in [0.1, 0.15) is 0 Å². The minimum absolute atomic E-state index is 0.273. The lowest BCUT2D eigenvalue weighted by molar-refractivity contribution is 0.296. The first-order valence-corrected chi connectivity index (χ1v) is 6.86. The Kier molecular flexibility index (Phi) is 6.53. The maximum atomic E-state index is 8.81. The number of thioether (sulfide) groups is 1. The fourth-order valence-corrected chi connectivity index (χ4v) is 2.22. The molecule has 1 rings (SSSR count). The molecule has 0 spiro atoms. The standard InChI is InChI=1S/C13H18N2OS/c1-11-9-13(4-3-12(11)10-14)15-5-8-17-7-2-6-16/h3-4,9,15-16H,2,5-8H2,1H3. The third-order valence-corrected chi connectivity index (χ3v) is 3.44. The van der Waals surface area contributed by atoms with E-state index >= 15 is 0 Å². The Balaban J connectivity index is 2.28. The highest BCUT2D eigenvalue weighted by atomic mass is 32.2. The summed E-state index contributed by atoms with van der Waals surface area (Å²) in [6.07, 6.45) is 0.862. The fourth-order valence-electron chi connectivity index (χ4n) is 1.44. The number of aryl methyl sites for hydroxylation is 1. The maximum absolute atomic E-state index is 8.81. The summed E-state index contributed by atoms with van der Waals surface area (Å²) < 4.78 is 0. The van der Waals surface area contributed by atoms with Crippen molar-refractivity contribution in [3.05, 3.63) is 29.3 Å². The van der Waals surface area contributed by atoms with Crippen molar-refractivity contribution in [1.29, 1.82) is 5.26 Å². The van der Waals surface area contributed by atoms with E-state index < -0.39 is 0 Å². The number of benzene rings is 1. The molecule has 0 fully saturated rings. The largest absolute Gasteiger partial charge is 0.396 e. The van der Waals surface area contributed by atoms with Crippen LogP contribution in [-0.4, -0.2) is 29.8 Å². The third-order valence-electron chi connectivity index (χ3n) is 2.37. The van der Waals surface area contributed by atoms with Gasteiger partial charge in [-0.2, -0.15) is 17.0 Å². The number of rotatable bonds is 7. The van der Waals surface area contributed by atoms with Crippen molar-refractivity contribution in [2.24, 2.45) is 0 Å². The Hall–Kier alpha value is -1.18. The van der Waals surface area contributed by atoms with Crippen LogP contribution < -0.4 is 5.32 Å². The van der Waals surface area contributed by atoms with E-state index in [-0.39, 0.29) is 6.61 Å². The summed E-state index contributed by atoms with van der Waals surface area (Å²) in [7, 11) is 0.